The quantitative estimate of drug-likeness (QED) is 0.803. The Morgan fingerprint density at radius 1 is 0.850 bits per heavy atom. The molecule has 0 bridgehead atoms. The maximum absolute atomic E-state index is 5.63. The van der Waals surface area contributed by atoms with Crippen molar-refractivity contribution in [3.8, 4) is 11.5 Å². The van der Waals surface area contributed by atoms with Gasteiger partial charge in [0.05, 0.1) is 20.3 Å². The first kappa shape index (κ1) is 14.4. The van der Waals surface area contributed by atoms with E-state index in [-0.39, 0.29) is 6.10 Å². The van der Waals surface area contributed by atoms with Crippen molar-refractivity contribution in [2.75, 3.05) is 21.3 Å². The largest absolute Gasteiger partial charge is 0.497 e. The van der Waals surface area contributed by atoms with Crippen LogP contribution < -0.4 is 9.47 Å². The molecule has 0 aliphatic heterocycles. The van der Waals surface area contributed by atoms with Gasteiger partial charge in [0, 0.05) is 19.6 Å². The molecule has 0 aliphatic rings. The van der Waals surface area contributed by atoms with Gasteiger partial charge in [-0.1, -0.05) is 30.3 Å². The van der Waals surface area contributed by atoms with E-state index in [4.69, 9.17) is 14.2 Å². The predicted molar refractivity (Wildman–Crippen MR) is 79.4 cm³/mol. The molecular weight excluding hydrogens is 252 g/mol. The van der Waals surface area contributed by atoms with Gasteiger partial charge in [0.15, 0.2) is 0 Å². The van der Waals surface area contributed by atoms with Crippen LogP contribution >= 0.6 is 0 Å². The van der Waals surface area contributed by atoms with Crippen molar-refractivity contribution < 1.29 is 14.2 Å². The van der Waals surface area contributed by atoms with Crippen LogP contribution in [0.15, 0.2) is 48.5 Å². The summed E-state index contributed by atoms with van der Waals surface area (Å²) in [6, 6.07) is 16.1. The third-order valence-electron chi connectivity index (χ3n) is 3.29. The van der Waals surface area contributed by atoms with Crippen LogP contribution in [0.2, 0.25) is 0 Å². The van der Waals surface area contributed by atoms with Gasteiger partial charge < -0.3 is 14.2 Å². The van der Waals surface area contributed by atoms with Gasteiger partial charge in [-0.15, -0.1) is 0 Å². The zero-order chi connectivity index (χ0) is 14.4. The molecule has 0 spiro atoms. The van der Waals surface area contributed by atoms with Gasteiger partial charge in [0.2, 0.25) is 0 Å². The lowest BCUT2D eigenvalue weighted by Crippen LogP contribution is -2.06. The van der Waals surface area contributed by atoms with Gasteiger partial charge in [-0.2, -0.15) is 0 Å². The third kappa shape index (κ3) is 3.52. The molecule has 0 saturated carbocycles. The van der Waals surface area contributed by atoms with E-state index in [1.165, 1.54) is 5.56 Å². The van der Waals surface area contributed by atoms with E-state index >= 15 is 0 Å². The fourth-order valence-electron chi connectivity index (χ4n) is 2.18. The number of ether oxygens (including phenoxy) is 3. The highest BCUT2D eigenvalue weighted by atomic mass is 16.5. The molecule has 1 atom stereocenters. The van der Waals surface area contributed by atoms with E-state index in [1.54, 1.807) is 21.3 Å². The minimum atomic E-state index is -0.0265. The summed E-state index contributed by atoms with van der Waals surface area (Å²) in [5.74, 6) is 1.55. The van der Waals surface area contributed by atoms with E-state index in [2.05, 4.69) is 12.1 Å². The lowest BCUT2D eigenvalue weighted by atomic mass is 10.0. The SMILES string of the molecule is COc1cc(OC)cc(C(Cc2ccccc2)OC)c1. The van der Waals surface area contributed by atoms with Gasteiger partial charge in [0.1, 0.15) is 11.5 Å². The van der Waals surface area contributed by atoms with Crippen molar-refractivity contribution in [2.24, 2.45) is 0 Å². The molecule has 20 heavy (non-hydrogen) atoms. The van der Waals surface area contributed by atoms with Crippen LogP contribution in [0.4, 0.5) is 0 Å². The standard InChI is InChI=1S/C17H20O3/c1-18-15-10-14(11-16(12-15)19-2)17(20-3)9-13-7-5-4-6-8-13/h4-8,10-12,17H,9H2,1-3H3. The number of benzene rings is 2. The van der Waals surface area contributed by atoms with Gasteiger partial charge in [-0.05, 0) is 23.3 Å². The van der Waals surface area contributed by atoms with Crippen molar-refractivity contribution in [3.05, 3.63) is 59.7 Å². The monoisotopic (exact) mass is 272 g/mol. The minimum Gasteiger partial charge on any atom is -0.497 e. The van der Waals surface area contributed by atoms with Crippen LogP contribution in [0, 0.1) is 0 Å². The second-order valence-electron chi connectivity index (χ2n) is 4.56. The number of hydrogen-bond acceptors (Lipinski definition) is 3. The third-order valence-corrected chi connectivity index (χ3v) is 3.29. The van der Waals surface area contributed by atoms with E-state index in [0.29, 0.717) is 0 Å². The van der Waals surface area contributed by atoms with Crippen LogP contribution in [0.25, 0.3) is 0 Å². The molecule has 0 N–H and O–H groups in total. The molecule has 0 aromatic heterocycles. The Morgan fingerprint density at radius 2 is 1.45 bits per heavy atom. The fraction of sp³-hybridized carbons (Fsp3) is 0.294. The molecule has 0 saturated heterocycles. The summed E-state index contributed by atoms with van der Waals surface area (Å²) < 4.78 is 16.2. The zero-order valence-corrected chi connectivity index (χ0v) is 12.1. The molecule has 0 amide bonds. The molecule has 0 radical (unpaired) electrons. The van der Waals surface area contributed by atoms with E-state index < -0.39 is 0 Å². The Morgan fingerprint density at radius 3 is 1.95 bits per heavy atom. The minimum absolute atomic E-state index is 0.0265. The zero-order valence-electron chi connectivity index (χ0n) is 12.1. The van der Waals surface area contributed by atoms with Crippen molar-refractivity contribution >= 4 is 0 Å². The van der Waals surface area contributed by atoms with Gasteiger partial charge in [-0.25, -0.2) is 0 Å². The molecule has 106 valence electrons. The van der Waals surface area contributed by atoms with E-state index in [1.807, 2.05) is 36.4 Å². The Hall–Kier alpha value is -2.00. The molecule has 0 fully saturated rings. The van der Waals surface area contributed by atoms with Crippen LogP contribution in [0.3, 0.4) is 0 Å². The van der Waals surface area contributed by atoms with Gasteiger partial charge in [0.25, 0.3) is 0 Å². The summed E-state index contributed by atoms with van der Waals surface area (Å²) in [6.45, 7) is 0. The smallest absolute Gasteiger partial charge is 0.122 e. The molecule has 2 rings (SSSR count). The predicted octanol–water partition coefficient (Wildman–Crippen LogP) is 3.63. The Balaban J connectivity index is 2.26. The Kier molecular flexibility index (Phi) is 5.02. The lowest BCUT2D eigenvalue weighted by molar-refractivity contribution is 0.103. The molecule has 3 heteroatoms. The van der Waals surface area contributed by atoms with E-state index in [9.17, 15) is 0 Å². The summed E-state index contributed by atoms with van der Waals surface area (Å²) in [5.41, 5.74) is 2.29. The van der Waals surface area contributed by atoms with Crippen molar-refractivity contribution in [1.82, 2.24) is 0 Å². The van der Waals surface area contributed by atoms with Crippen LogP contribution in [0.5, 0.6) is 11.5 Å². The van der Waals surface area contributed by atoms with Gasteiger partial charge >= 0.3 is 0 Å². The highest BCUT2D eigenvalue weighted by molar-refractivity contribution is 5.40. The molecule has 2 aromatic rings. The highest BCUT2D eigenvalue weighted by Gasteiger charge is 2.14. The van der Waals surface area contributed by atoms with Crippen molar-refractivity contribution in [1.29, 1.82) is 0 Å². The Labute approximate surface area is 120 Å². The highest BCUT2D eigenvalue weighted by Crippen LogP contribution is 2.29. The summed E-state index contributed by atoms with van der Waals surface area (Å²) in [7, 11) is 5.02. The average Bonchev–Trinajstić information content (AvgIpc) is 2.53. The molecule has 0 heterocycles. The Bertz CT molecular complexity index is 515. The number of hydrogen-bond donors (Lipinski definition) is 0. The molecule has 0 aliphatic carbocycles. The maximum Gasteiger partial charge on any atom is 0.122 e. The summed E-state index contributed by atoms with van der Waals surface area (Å²) in [6.07, 6.45) is 0.787. The fourth-order valence-corrected chi connectivity index (χ4v) is 2.18. The molecule has 1 unspecified atom stereocenters. The summed E-state index contributed by atoms with van der Waals surface area (Å²) in [5, 5.41) is 0. The number of methoxy groups -OCH3 is 3. The van der Waals surface area contributed by atoms with E-state index in [0.717, 1.165) is 23.5 Å². The topological polar surface area (TPSA) is 27.7 Å². The first-order chi connectivity index (χ1) is 9.76. The normalized spacial score (nSPS) is 11.9. The van der Waals surface area contributed by atoms with Gasteiger partial charge in [-0.3, -0.25) is 0 Å². The van der Waals surface area contributed by atoms with Crippen molar-refractivity contribution in [3.63, 3.8) is 0 Å². The van der Waals surface area contributed by atoms with Crippen LogP contribution in [-0.2, 0) is 11.2 Å². The first-order valence-corrected chi connectivity index (χ1v) is 6.56. The molecular formula is C17H20O3. The molecule has 2 aromatic carbocycles. The second kappa shape index (κ2) is 6.96. The molecule has 3 nitrogen and oxygen atoms in total. The van der Waals surface area contributed by atoms with Crippen LogP contribution in [-0.4, -0.2) is 21.3 Å². The van der Waals surface area contributed by atoms with Crippen molar-refractivity contribution in [2.45, 2.75) is 12.5 Å². The first-order valence-electron chi connectivity index (χ1n) is 6.56. The number of rotatable bonds is 6. The van der Waals surface area contributed by atoms with Crippen LogP contribution in [0.1, 0.15) is 17.2 Å². The summed E-state index contributed by atoms with van der Waals surface area (Å²) in [4.78, 5) is 0. The second-order valence-corrected chi connectivity index (χ2v) is 4.56. The summed E-state index contributed by atoms with van der Waals surface area (Å²) >= 11 is 0. The maximum atomic E-state index is 5.63. The lowest BCUT2D eigenvalue weighted by Gasteiger charge is -2.18. The average molecular weight is 272 g/mol.